The van der Waals surface area contributed by atoms with Crippen LogP contribution in [0.2, 0.25) is 0 Å². The fourth-order valence-electron chi connectivity index (χ4n) is 3.13. The lowest BCUT2D eigenvalue weighted by molar-refractivity contribution is -0.255. The molecule has 2 heterocycles. The first-order chi connectivity index (χ1) is 12.1. The molecule has 6 nitrogen and oxygen atoms in total. The van der Waals surface area contributed by atoms with Crippen molar-refractivity contribution in [1.82, 2.24) is 0 Å². The first kappa shape index (κ1) is 17.9. The number of esters is 1. The highest BCUT2D eigenvalue weighted by atomic mass is 16.7. The number of carbonyl (C=O) groups is 1. The number of benzene rings is 1. The fourth-order valence-corrected chi connectivity index (χ4v) is 3.13. The summed E-state index contributed by atoms with van der Waals surface area (Å²) >= 11 is 0. The van der Waals surface area contributed by atoms with E-state index in [1.165, 1.54) is 0 Å². The summed E-state index contributed by atoms with van der Waals surface area (Å²) in [6.07, 6.45) is -1.54. The normalized spacial score (nSPS) is 30.4. The molecule has 0 radical (unpaired) electrons. The van der Waals surface area contributed by atoms with E-state index in [2.05, 4.69) is 0 Å². The van der Waals surface area contributed by atoms with E-state index >= 15 is 0 Å². The van der Waals surface area contributed by atoms with Crippen molar-refractivity contribution in [2.45, 2.75) is 45.4 Å². The highest BCUT2D eigenvalue weighted by Crippen LogP contribution is 2.38. The number of aliphatic hydroxyl groups excluding tert-OH is 1. The van der Waals surface area contributed by atoms with Gasteiger partial charge >= 0.3 is 5.97 Å². The molecule has 136 valence electrons. The van der Waals surface area contributed by atoms with E-state index in [0.717, 1.165) is 5.56 Å². The molecule has 6 heteroatoms. The molecule has 0 bridgehead atoms. The molecule has 4 atom stereocenters. The Morgan fingerprint density at radius 2 is 2.08 bits per heavy atom. The van der Waals surface area contributed by atoms with E-state index in [0.29, 0.717) is 37.6 Å². The zero-order valence-electron chi connectivity index (χ0n) is 14.5. The van der Waals surface area contributed by atoms with Crippen LogP contribution in [0.4, 0.5) is 0 Å². The minimum atomic E-state index is -0.907. The zero-order chi connectivity index (χ0) is 17.8. The maximum atomic E-state index is 11.9. The Bertz CT molecular complexity index is 626. The number of rotatable bonds is 5. The third kappa shape index (κ3) is 4.03. The minimum Gasteiger partial charge on any atom is -0.491 e. The summed E-state index contributed by atoms with van der Waals surface area (Å²) in [7, 11) is 0. The quantitative estimate of drug-likeness (QED) is 0.649. The van der Waals surface area contributed by atoms with Crippen LogP contribution in [0.15, 0.2) is 41.7 Å². The molecule has 2 saturated heterocycles. The van der Waals surface area contributed by atoms with Crippen LogP contribution in [0.1, 0.15) is 25.8 Å². The number of hydrogen-bond donors (Lipinski definition) is 1. The predicted molar refractivity (Wildman–Crippen MR) is 89.3 cm³/mol. The Labute approximate surface area is 147 Å². The van der Waals surface area contributed by atoms with Crippen LogP contribution in [-0.2, 0) is 30.3 Å². The Morgan fingerprint density at radius 1 is 1.32 bits per heavy atom. The van der Waals surface area contributed by atoms with Gasteiger partial charge in [-0.1, -0.05) is 30.3 Å². The van der Waals surface area contributed by atoms with E-state index in [1.54, 1.807) is 13.8 Å². The van der Waals surface area contributed by atoms with Crippen LogP contribution in [0, 0.1) is 5.92 Å². The van der Waals surface area contributed by atoms with E-state index in [1.807, 2.05) is 30.3 Å². The number of allylic oxidation sites excluding steroid dienone is 1. The lowest BCUT2D eigenvalue weighted by atomic mass is 9.94. The molecular weight excluding hydrogens is 324 g/mol. The van der Waals surface area contributed by atoms with Gasteiger partial charge in [0.2, 0.25) is 0 Å². The third-order valence-corrected chi connectivity index (χ3v) is 4.54. The van der Waals surface area contributed by atoms with Crippen LogP contribution in [0.5, 0.6) is 0 Å². The average Bonchev–Trinajstić information content (AvgIpc) is 3.07. The SMILES string of the molecule is CCOC(=O)/C(C)=C1\C[C@@H]2CO[C@H](OCc3ccccc3)[C@@H](O)[C@@H]2O1. The number of carbonyl (C=O) groups excluding carboxylic acids is 1. The zero-order valence-corrected chi connectivity index (χ0v) is 14.5. The van der Waals surface area contributed by atoms with Gasteiger partial charge in [0.15, 0.2) is 6.29 Å². The molecule has 2 aliphatic rings. The van der Waals surface area contributed by atoms with Gasteiger partial charge in [-0.15, -0.1) is 0 Å². The van der Waals surface area contributed by atoms with Gasteiger partial charge in [0.1, 0.15) is 18.0 Å². The maximum absolute atomic E-state index is 11.9. The second kappa shape index (κ2) is 7.99. The molecule has 1 aromatic rings. The molecule has 3 rings (SSSR count). The van der Waals surface area contributed by atoms with E-state index in [4.69, 9.17) is 18.9 Å². The van der Waals surface area contributed by atoms with Crippen LogP contribution in [0.25, 0.3) is 0 Å². The average molecular weight is 348 g/mol. The minimum absolute atomic E-state index is 0.00551. The summed E-state index contributed by atoms with van der Waals surface area (Å²) in [6, 6.07) is 9.71. The fraction of sp³-hybridized carbons (Fsp3) is 0.526. The summed E-state index contributed by atoms with van der Waals surface area (Å²) in [5.41, 5.74) is 1.46. The van der Waals surface area contributed by atoms with Crippen molar-refractivity contribution in [1.29, 1.82) is 0 Å². The van der Waals surface area contributed by atoms with E-state index < -0.39 is 18.5 Å². The van der Waals surface area contributed by atoms with Crippen LogP contribution in [-0.4, -0.2) is 42.8 Å². The summed E-state index contributed by atoms with van der Waals surface area (Å²) in [5.74, 6) is 0.189. The summed E-state index contributed by atoms with van der Waals surface area (Å²) in [6.45, 7) is 4.53. The van der Waals surface area contributed by atoms with Gasteiger partial charge < -0.3 is 24.1 Å². The van der Waals surface area contributed by atoms with E-state index in [-0.39, 0.29) is 11.9 Å². The van der Waals surface area contributed by atoms with Crippen molar-refractivity contribution < 1.29 is 28.8 Å². The molecule has 0 saturated carbocycles. The van der Waals surface area contributed by atoms with Gasteiger partial charge in [-0.05, 0) is 19.4 Å². The predicted octanol–water partition coefficient (Wildman–Crippen LogP) is 2.16. The van der Waals surface area contributed by atoms with Crippen molar-refractivity contribution in [3.8, 4) is 0 Å². The molecule has 0 aliphatic carbocycles. The summed E-state index contributed by atoms with van der Waals surface area (Å²) < 4.78 is 22.2. The van der Waals surface area contributed by atoms with Crippen molar-refractivity contribution in [3.05, 3.63) is 47.2 Å². The van der Waals surface area contributed by atoms with Crippen LogP contribution < -0.4 is 0 Å². The number of ether oxygens (including phenoxy) is 4. The standard InChI is InChI=1S/C19H24O6/c1-3-22-18(21)12(2)15-9-14-11-24-19(16(20)17(14)25-15)23-10-13-7-5-4-6-8-13/h4-8,14,16-17,19-20H,3,9-11H2,1-2H3/b15-12+/t14-,16+,17-,19+/m1/s1. The molecule has 0 amide bonds. The van der Waals surface area contributed by atoms with Gasteiger partial charge in [-0.3, -0.25) is 0 Å². The molecule has 25 heavy (non-hydrogen) atoms. The van der Waals surface area contributed by atoms with Crippen molar-refractivity contribution in [2.24, 2.45) is 5.92 Å². The molecular formula is C19H24O6. The van der Waals surface area contributed by atoms with Crippen molar-refractivity contribution in [3.63, 3.8) is 0 Å². The molecule has 1 N–H and O–H groups in total. The topological polar surface area (TPSA) is 74.2 Å². The van der Waals surface area contributed by atoms with Gasteiger partial charge in [-0.25, -0.2) is 4.79 Å². The van der Waals surface area contributed by atoms with Crippen molar-refractivity contribution >= 4 is 5.97 Å². The first-order valence-corrected chi connectivity index (χ1v) is 8.59. The second-order valence-electron chi connectivity index (χ2n) is 6.30. The molecule has 0 unspecified atom stereocenters. The second-order valence-corrected chi connectivity index (χ2v) is 6.30. The molecule has 2 aliphatic heterocycles. The lowest BCUT2D eigenvalue weighted by Crippen LogP contribution is -2.49. The number of aliphatic hydroxyl groups is 1. The highest BCUT2D eigenvalue weighted by molar-refractivity contribution is 5.88. The Hall–Kier alpha value is -1.89. The Kier molecular flexibility index (Phi) is 5.73. The lowest BCUT2D eigenvalue weighted by Gasteiger charge is -2.35. The molecule has 1 aromatic carbocycles. The summed E-state index contributed by atoms with van der Waals surface area (Å²) in [4.78, 5) is 11.9. The summed E-state index contributed by atoms with van der Waals surface area (Å²) in [5, 5.41) is 10.5. The van der Waals surface area contributed by atoms with E-state index in [9.17, 15) is 9.90 Å². The largest absolute Gasteiger partial charge is 0.491 e. The van der Waals surface area contributed by atoms with Crippen molar-refractivity contribution in [2.75, 3.05) is 13.2 Å². The third-order valence-electron chi connectivity index (χ3n) is 4.54. The van der Waals surface area contributed by atoms with Gasteiger partial charge in [-0.2, -0.15) is 0 Å². The Balaban J connectivity index is 1.61. The maximum Gasteiger partial charge on any atom is 0.337 e. The van der Waals surface area contributed by atoms with Gasteiger partial charge in [0.05, 0.1) is 25.4 Å². The molecule has 0 spiro atoms. The molecule has 2 fully saturated rings. The number of fused-ring (bicyclic) bond motifs is 1. The smallest absolute Gasteiger partial charge is 0.337 e. The first-order valence-electron chi connectivity index (χ1n) is 8.59. The van der Waals surface area contributed by atoms with Crippen LogP contribution >= 0.6 is 0 Å². The van der Waals surface area contributed by atoms with Gasteiger partial charge in [0.25, 0.3) is 0 Å². The molecule has 0 aromatic heterocycles. The highest BCUT2D eigenvalue weighted by Gasteiger charge is 2.46. The van der Waals surface area contributed by atoms with Gasteiger partial charge in [0, 0.05) is 12.3 Å². The van der Waals surface area contributed by atoms with Crippen LogP contribution in [0.3, 0.4) is 0 Å². The number of hydrogen-bond acceptors (Lipinski definition) is 6. The monoisotopic (exact) mass is 348 g/mol. The Morgan fingerprint density at radius 3 is 2.80 bits per heavy atom.